The molecule has 4 rings (SSSR count). The predicted molar refractivity (Wildman–Crippen MR) is 99.7 cm³/mol. The summed E-state index contributed by atoms with van der Waals surface area (Å²) in [6.07, 6.45) is 7.31. The Hall–Kier alpha value is -2.73. The molecule has 3 heterocycles. The van der Waals surface area contributed by atoms with E-state index >= 15 is 0 Å². The Labute approximate surface area is 152 Å². The number of carbonyl (C=O) groups excluding carboxylic acids is 1. The van der Waals surface area contributed by atoms with Crippen LogP contribution in [0.1, 0.15) is 40.7 Å². The second-order valence-corrected chi connectivity index (χ2v) is 6.85. The van der Waals surface area contributed by atoms with Gasteiger partial charge in [-0.25, -0.2) is 0 Å². The summed E-state index contributed by atoms with van der Waals surface area (Å²) in [6, 6.07) is 12.1. The van der Waals surface area contributed by atoms with E-state index in [-0.39, 0.29) is 5.91 Å². The number of carbonyl (C=O) groups is 1. The third-order valence-corrected chi connectivity index (χ3v) is 4.88. The molecule has 26 heavy (non-hydrogen) atoms. The Bertz CT molecular complexity index is 881. The van der Waals surface area contributed by atoms with Gasteiger partial charge in [0.1, 0.15) is 6.33 Å². The van der Waals surface area contributed by atoms with Gasteiger partial charge in [0, 0.05) is 19.3 Å². The number of pyridine rings is 1. The van der Waals surface area contributed by atoms with Gasteiger partial charge >= 0.3 is 0 Å². The molecule has 1 aromatic carbocycles. The molecule has 0 bridgehead atoms. The van der Waals surface area contributed by atoms with Crippen LogP contribution in [0.5, 0.6) is 0 Å². The summed E-state index contributed by atoms with van der Waals surface area (Å²) in [4.78, 5) is 14.9. The Balaban J connectivity index is 1.32. The number of likely N-dealkylation sites (tertiary alicyclic amines) is 1. The minimum Gasteiger partial charge on any atom is -0.348 e. The fourth-order valence-corrected chi connectivity index (χ4v) is 3.38. The van der Waals surface area contributed by atoms with Crippen molar-refractivity contribution in [3.05, 3.63) is 65.6 Å². The summed E-state index contributed by atoms with van der Waals surface area (Å²) >= 11 is 0. The predicted octanol–water partition coefficient (Wildman–Crippen LogP) is 2.65. The first kappa shape index (κ1) is 16.7. The molecule has 3 aromatic rings. The summed E-state index contributed by atoms with van der Waals surface area (Å²) in [5, 5.41) is 10.7. The molecule has 0 radical (unpaired) electrons. The highest BCUT2D eigenvalue weighted by atomic mass is 16.1. The van der Waals surface area contributed by atoms with Gasteiger partial charge in [-0.05, 0) is 49.2 Å². The highest BCUT2D eigenvalue weighted by Crippen LogP contribution is 2.13. The van der Waals surface area contributed by atoms with Crippen LogP contribution in [-0.4, -0.2) is 38.5 Å². The van der Waals surface area contributed by atoms with Crippen LogP contribution < -0.4 is 5.32 Å². The van der Waals surface area contributed by atoms with Gasteiger partial charge in [-0.2, -0.15) is 0 Å². The maximum Gasteiger partial charge on any atom is 0.253 e. The van der Waals surface area contributed by atoms with E-state index in [1.807, 2.05) is 0 Å². The van der Waals surface area contributed by atoms with Crippen molar-refractivity contribution in [3.63, 3.8) is 0 Å². The number of nitrogens with one attached hydrogen (secondary N) is 1. The first-order chi connectivity index (χ1) is 12.8. The molecule has 134 valence electrons. The van der Waals surface area contributed by atoms with Crippen molar-refractivity contribution in [2.75, 3.05) is 13.1 Å². The van der Waals surface area contributed by atoms with Gasteiger partial charge < -0.3 is 5.32 Å². The molecular weight excluding hydrogens is 326 g/mol. The van der Waals surface area contributed by atoms with Crippen LogP contribution >= 0.6 is 0 Å². The number of hydrogen-bond acceptors (Lipinski definition) is 4. The third kappa shape index (κ3) is 3.91. The van der Waals surface area contributed by atoms with Crippen LogP contribution in [0.3, 0.4) is 0 Å². The van der Waals surface area contributed by atoms with E-state index in [0.717, 1.165) is 17.8 Å². The highest BCUT2D eigenvalue weighted by molar-refractivity contribution is 5.94. The molecule has 1 aliphatic heterocycles. The Morgan fingerprint density at radius 1 is 1.00 bits per heavy atom. The van der Waals surface area contributed by atoms with Crippen molar-refractivity contribution in [3.8, 4) is 0 Å². The number of benzene rings is 1. The van der Waals surface area contributed by atoms with Crippen molar-refractivity contribution in [2.45, 2.75) is 32.4 Å². The molecule has 0 unspecified atom stereocenters. The van der Waals surface area contributed by atoms with E-state index in [1.54, 1.807) is 29.1 Å². The smallest absolute Gasteiger partial charge is 0.253 e. The summed E-state index contributed by atoms with van der Waals surface area (Å²) in [6.45, 7) is 3.94. The number of nitrogens with zero attached hydrogens (tertiary/aromatic N) is 4. The zero-order chi connectivity index (χ0) is 17.8. The average Bonchev–Trinajstić information content (AvgIpc) is 3.16. The van der Waals surface area contributed by atoms with Crippen molar-refractivity contribution >= 4 is 11.6 Å². The number of rotatable bonds is 5. The van der Waals surface area contributed by atoms with Gasteiger partial charge in [0.15, 0.2) is 5.65 Å². The van der Waals surface area contributed by atoms with E-state index in [9.17, 15) is 4.79 Å². The van der Waals surface area contributed by atoms with Gasteiger partial charge in [-0.3, -0.25) is 14.1 Å². The molecule has 0 atom stereocenters. The zero-order valence-electron chi connectivity index (χ0n) is 14.8. The molecule has 1 saturated heterocycles. The quantitative estimate of drug-likeness (QED) is 0.769. The molecule has 6 heteroatoms. The third-order valence-electron chi connectivity index (χ3n) is 4.88. The lowest BCUT2D eigenvalue weighted by Gasteiger charge is -2.26. The first-order valence-corrected chi connectivity index (χ1v) is 9.16. The SMILES string of the molecule is O=C(NCc1ccc(CN2CCCCC2)cc1)c1ccc2nncn2c1. The normalized spacial score (nSPS) is 15.2. The average molecular weight is 349 g/mol. The summed E-state index contributed by atoms with van der Waals surface area (Å²) in [7, 11) is 0. The number of hydrogen-bond donors (Lipinski definition) is 1. The van der Waals surface area contributed by atoms with Gasteiger partial charge in [-0.1, -0.05) is 30.7 Å². The molecule has 1 fully saturated rings. The molecule has 1 N–H and O–H groups in total. The molecule has 1 amide bonds. The van der Waals surface area contributed by atoms with Crippen LogP contribution in [0, 0.1) is 0 Å². The standard InChI is InChI=1S/C20H23N5O/c26-20(18-8-9-19-23-22-15-25(19)14-18)21-12-16-4-6-17(7-5-16)13-24-10-2-1-3-11-24/h4-9,14-15H,1-3,10-13H2,(H,21,26). The lowest BCUT2D eigenvalue weighted by molar-refractivity contribution is 0.0950. The fourth-order valence-electron chi connectivity index (χ4n) is 3.38. The molecule has 1 aliphatic rings. The van der Waals surface area contributed by atoms with Crippen molar-refractivity contribution in [2.24, 2.45) is 0 Å². The van der Waals surface area contributed by atoms with Gasteiger partial charge in [0.2, 0.25) is 0 Å². The summed E-state index contributed by atoms with van der Waals surface area (Å²) in [5.41, 5.74) is 3.76. The minimum absolute atomic E-state index is 0.0991. The lowest BCUT2D eigenvalue weighted by atomic mass is 10.1. The second-order valence-electron chi connectivity index (χ2n) is 6.85. The van der Waals surface area contributed by atoms with E-state index in [0.29, 0.717) is 12.1 Å². The molecule has 0 aliphatic carbocycles. The van der Waals surface area contributed by atoms with Crippen molar-refractivity contribution in [1.29, 1.82) is 0 Å². The number of amides is 1. The van der Waals surface area contributed by atoms with Crippen molar-refractivity contribution < 1.29 is 4.79 Å². The van der Waals surface area contributed by atoms with E-state index in [2.05, 4.69) is 44.7 Å². The van der Waals surface area contributed by atoms with Gasteiger partial charge in [0.25, 0.3) is 5.91 Å². The molecule has 0 spiro atoms. The van der Waals surface area contributed by atoms with Gasteiger partial charge in [0.05, 0.1) is 5.56 Å². The minimum atomic E-state index is -0.0991. The monoisotopic (exact) mass is 349 g/mol. The first-order valence-electron chi connectivity index (χ1n) is 9.16. The maximum absolute atomic E-state index is 12.3. The maximum atomic E-state index is 12.3. The molecular formula is C20H23N5O. The van der Waals surface area contributed by atoms with E-state index in [1.165, 1.54) is 37.9 Å². The summed E-state index contributed by atoms with van der Waals surface area (Å²) in [5.74, 6) is -0.0991. The lowest BCUT2D eigenvalue weighted by Crippen LogP contribution is -2.29. The zero-order valence-corrected chi connectivity index (χ0v) is 14.8. The van der Waals surface area contributed by atoms with Crippen LogP contribution in [0.25, 0.3) is 5.65 Å². The fraction of sp³-hybridized carbons (Fsp3) is 0.350. The van der Waals surface area contributed by atoms with Crippen LogP contribution in [0.15, 0.2) is 48.9 Å². The largest absolute Gasteiger partial charge is 0.348 e. The van der Waals surface area contributed by atoms with Crippen LogP contribution in [0.4, 0.5) is 0 Å². The van der Waals surface area contributed by atoms with Crippen LogP contribution in [0.2, 0.25) is 0 Å². The number of fused-ring (bicyclic) bond motifs is 1. The molecule has 2 aromatic heterocycles. The Morgan fingerprint density at radius 3 is 2.58 bits per heavy atom. The van der Waals surface area contributed by atoms with E-state index in [4.69, 9.17) is 0 Å². The number of piperidine rings is 1. The molecule has 0 saturated carbocycles. The Morgan fingerprint density at radius 2 is 1.77 bits per heavy atom. The summed E-state index contributed by atoms with van der Waals surface area (Å²) < 4.78 is 1.74. The molecule has 6 nitrogen and oxygen atoms in total. The second kappa shape index (κ2) is 7.66. The van der Waals surface area contributed by atoms with Crippen molar-refractivity contribution in [1.82, 2.24) is 24.8 Å². The van der Waals surface area contributed by atoms with E-state index < -0.39 is 0 Å². The Kier molecular flexibility index (Phi) is 4.93. The highest BCUT2D eigenvalue weighted by Gasteiger charge is 2.10. The number of aromatic nitrogens is 3. The van der Waals surface area contributed by atoms with Gasteiger partial charge in [-0.15, -0.1) is 10.2 Å². The van der Waals surface area contributed by atoms with Crippen LogP contribution in [-0.2, 0) is 13.1 Å². The topological polar surface area (TPSA) is 62.5 Å².